The van der Waals surface area contributed by atoms with E-state index in [1.807, 2.05) is 27.7 Å². The molecule has 9 heteroatoms. The maximum Gasteiger partial charge on any atom is 0.313 e. The van der Waals surface area contributed by atoms with Crippen molar-refractivity contribution in [2.45, 2.75) is 91.2 Å². The van der Waals surface area contributed by atoms with Crippen molar-refractivity contribution in [1.29, 1.82) is 0 Å². The maximum atomic E-state index is 13.4. The van der Waals surface area contributed by atoms with Gasteiger partial charge in [-0.05, 0) is 33.6 Å². The molecule has 3 bridgehead atoms. The van der Waals surface area contributed by atoms with Crippen LogP contribution in [0.25, 0.3) is 0 Å². The summed E-state index contributed by atoms with van der Waals surface area (Å²) in [5.74, 6) is -1.26. The molecule has 0 radical (unpaired) electrons. The van der Waals surface area contributed by atoms with Crippen molar-refractivity contribution in [2.24, 2.45) is 40.4 Å². The van der Waals surface area contributed by atoms with Crippen molar-refractivity contribution in [2.75, 3.05) is 13.2 Å². The second-order valence-electron chi connectivity index (χ2n) is 12.1. The Morgan fingerprint density at radius 3 is 2.53 bits per heavy atom. The summed E-state index contributed by atoms with van der Waals surface area (Å²) in [6.07, 6.45) is -0.150. The predicted octanol–water partition coefficient (Wildman–Crippen LogP) is 2.18. The van der Waals surface area contributed by atoms with Crippen LogP contribution in [0, 0.1) is 40.4 Å². The minimum absolute atomic E-state index is 0.0451. The van der Waals surface area contributed by atoms with E-state index in [1.165, 1.54) is 6.92 Å². The summed E-state index contributed by atoms with van der Waals surface area (Å²) in [4.78, 5) is 24.8. The van der Waals surface area contributed by atoms with Gasteiger partial charge in [0.15, 0.2) is 6.10 Å². The zero-order chi connectivity index (χ0) is 26.2. The number of aliphatic hydroxyl groups excluding tert-OH is 2. The minimum Gasteiger partial charge on any atom is -0.472 e. The quantitative estimate of drug-likeness (QED) is 0.452. The van der Waals surface area contributed by atoms with E-state index < -0.39 is 35.4 Å². The van der Waals surface area contributed by atoms with Crippen molar-refractivity contribution in [3.05, 3.63) is 11.8 Å². The van der Waals surface area contributed by atoms with Gasteiger partial charge < -0.3 is 33.9 Å². The first-order chi connectivity index (χ1) is 16.9. The number of carbonyl (C=O) groups excluding carboxylic acids is 2. The van der Waals surface area contributed by atoms with Crippen LogP contribution in [-0.2, 0) is 33.3 Å². The van der Waals surface area contributed by atoms with Crippen LogP contribution in [-0.4, -0.2) is 72.2 Å². The van der Waals surface area contributed by atoms with Crippen LogP contribution in [0.3, 0.4) is 0 Å². The lowest BCUT2D eigenvalue weighted by Gasteiger charge is -2.51. The number of esters is 2. The summed E-state index contributed by atoms with van der Waals surface area (Å²) in [6, 6.07) is 0. The highest BCUT2D eigenvalue weighted by Crippen LogP contribution is 2.77. The molecule has 4 fully saturated rings. The highest BCUT2D eigenvalue weighted by molar-refractivity contribution is 5.82. The molecular weight excluding hydrogens is 468 g/mol. The first-order valence-electron chi connectivity index (χ1n) is 13.3. The standard InChI is InChI=1S/C27H40O9/c1-12(14(3)28)9-33-24-17-7-20(30)23-26(6)18-8-27(17,23)19(11-34-24)22(36-25(26)31)21(18)32-10-13(2)15(4)35-16(5)29/h11-15,17-18,20-24,28,30H,7-10H2,1-6H3/t12-,13-,14-,15-,17+,18-,20+,21?,22+,23-,24+,26+,27-/m0/s1. The van der Waals surface area contributed by atoms with Gasteiger partial charge in [0.25, 0.3) is 0 Å². The van der Waals surface area contributed by atoms with Crippen LogP contribution >= 0.6 is 0 Å². The van der Waals surface area contributed by atoms with Gasteiger partial charge in [-0.1, -0.05) is 13.8 Å². The van der Waals surface area contributed by atoms with Gasteiger partial charge >= 0.3 is 11.9 Å². The SMILES string of the molecule is CC(=O)O[C@@H](C)[C@@H](C)COC1[C@@H]2OC(=O)[C@]3(C)[C@H]1C[C@@]14C2=CO[C@@H](OC[C@H](C)[C@H](C)O)[C@H]1C[C@@H](O)[C@@H]34. The van der Waals surface area contributed by atoms with E-state index in [2.05, 4.69) is 0 Å². The fraction of sp³-hybridized carbons (Fsp3) is 0.852. The van der Waals surface area contributed by atoms with Gasteiger partial charge in [-0.15, -0.1) is 0 Å². The number of rotatable bonds is 9. The molecule has 0 aromatic heterocycles. The Hall–Kier alpha value is -1.68. The number of fused-ring (bicyclic) bond motifs is 3. The summed E-state index contributed by atoms with van der Waals surface area (Å²) in [6.45, 7) is 11.5. The van der Waals surface area contributed by atoms with E-state index in [1.54, 1.807) is 13.2 Å². The molecule has 9 nitrogen and oxygen atoms in total. The topological polar surface area (TPSA) is 121 Å². The molecule has 0 aromatic rings. The van der Waals surface area contributed by atoms with Gasteiger partial charge in [-0.25, -0.2) is 0 Å². The largest absolute Gasteiger partial charge is 0.472 e. The van der Waals surface area contributed by atoms with Crippen molar-refractivity contribution < 1.29 is 43.5 Å². The third-order valence-corrected chi connectivity index (χ3v) is 9.99. The molecular formula is C27H40O9. The van der Waals surface area contributed by atoms with Crippen LogP contribution < -0.4 is 0 Å². The molecule has 36 heavy (non-hydrogen) atoms. The van der Waals surface area contributed by atoms with Gasteiger partial charge in [0.05, 0.1) is 37.1 Å². The second-order valence-corrected chi connectivity index (χ2v) is 12.1. The summed E-state index contributed by atoms with van der Waals surface area (Å²) < 4.78 is 30.0. The molecule has 3 saturated carbocycles. The minimum atomic E-state index is -0.884. The van der Waals surface area contributed by atoms with Crippen LogP contribution in [0.2, 0.25) is 0 Å². The Balaban J connectivity index is 1.43. The van der Waals surface area contributed by atoms with E-state index in [9.17, 15) is 19.8 Å². The van der Waals surface area contributed by atoms with E-state index in [-0.39, 0.29) is 53.7 Å². The molecule has 5 rings (SSSR count). The molecule has 5 aliphatic rings. The number of hydrogen-bond donors (Lipinski definition) is 2. The third kappa shape index (κ3) is 3.56. The van der Waals surface area contributed by atoms with Gasteiger partial charge in [0.1, 0.15) is 12.2 Å². The van der Waals surface area contributed by atoms with Gasteiger partial charge in [-0.2, -0.15) is 0 Å². The van der Waals surface area contributed by atoms with Crippen LogP contribution in [0.5, 0.6) is 0 Å². The third-order valence-electron chi connectivity index (χ3n) is 9.99. The van der Waals surface area contributed by atoms with Gasteiger partial charge in [-0.3, -0.25) is 9.59 Å². The molecule has 3 aliphatic carbocycles. The number of ether oxygens (including phenoxy) is 5. The van der Waals surface area contributed by atoms with Crippen LogP contribution in [0.1, 0.15) is 54.4 Å². The zero-order valence-electron chi connectivity index (χ0n) is 22.0. The normalized spacial score (nSPS) is 45.2. The lowest BCUT2D eigenvalue weighted by molar-refractivity contribution is -0.213. The fourth-order valence-corrected chi connectivity index (χ4v) is 7.76. The average Bonchev–Trinajstić information content (AvgIpc) is 3.21. The highest BCUT2D eigenvalue weighted by Gasteiger charge is 2.81. The monoisotopic (exact) mass is 508 g/mol. The molecule has 2 N–H and O–H groups in total. The fourth-order valence-electron chi connectivity index (χ4n) is 7.76. The lowest BCUT2D eigenvalue weighted by Crippen LogP contribution is -2.58. The van der Waals surface area contributed by atoms with Crippen molar-refractivity contribution in [3.63, 3.8) is 0 Å². The summed E-state index contributed by atoms with van der Waals surface area (Å²) in [5.41, 5.74) is -0.456. The molecule has 1 spiro atoms. The van der Waals surface area contributed by atoms with Crippen molar-refractivity contribution in [3.8, 4) is 0 Å². The van der Waals surface area contributed by atoms with Crippen molar-refractivity contribution in [1.82, 2.24) is 0 Å². The van der Waals surface area contributed by atoms with E-state index >= 15 is 0 Å². The Morgan fingerprint density at radius 1 is 1.17 bits per heavy atom. The first kappa shape index (κ1) is 25.9. The van der Waals surface area contributed by atoms with E-state index in [0.29, 0.717) is 26.1 Å². The molecule has 1 saturated heterocycles. The Morgan fingerprint density at radius 2 is 1.86 bits per heavy atom. The van der Waals surface area contributed by atoms with Crippen LogP contribution in [0.4, 0.5) is 0 Å². The summed E-state index contributed by atoms with van der Waals surface area (Å²) in [7, 11) is 0. The average molecular weight is 509 g/mol. The van der Waals surface area contributed by atoms with Crippen molar-refractivity contribution >= 4 is 11.9 Å². The number of hydrogen-bond acceptors (Lipinski definition) is 9. The van der Waals surface area contributed by atoms with Gasteiger partial charge in [0.2, 0.25) is 6.29 Å². The highest BCUT2D eigenvalue weighted by atomic mass is 16.7. The maximum absolute atomic E-state index is 13.4. The molecule has 0 aromatic carbocycles. The Kier molecular flexibility index (Phi) is 6.46. The summed E-state index contributed by atoms with van der Waals surface area (Å²) >= 11 is 0. The predicted molar refractivity (Wildman–Crippen MR) is 126 cm³/mol. The molecule has 1 unspecified atom stereocenters. The van der Waals surface area contributed by atoms with Gasteiger partial charge in [0, 0.05) is 47.5 Å². The lowest BCUT2D eigenvalue weighted by atomic mass is 9.61. The van der Waals surface area contributed by atoms with E-state index in [4.69, 9.17) is 23.7 Å². The Bertz CT molecular complexity index is 932. The zero-order valence-corrected chi connectivity index (χ0v) is 22.0. The number of carbonyl (C=O) groups is 2. The Labute approximate surface area is 212 Å². The first-order valence-corrected chi connectivity index (χ1v) is 13.3. The summed E-state index contributed by atoms with van der Waals surface area (Å²) in [5, 5.41) is 21.2. The molecule has 2 heterocycles. The van der Waals surface area contributed by atoms with E-state index in [0.717, 1.165) is 5.57 Å². The molecule has 202 valence electrons. The molecule has 2 aliphatic heterocycles. The molecule has 13 atom stereocenters. The molecule has 0 amide bonds. The second kappa shape index (κ2) is 8.96. The smallest absolute Gasteiger partial charge is 0.313 e. The number of aliphatic hydroxyl groups is 2. The van der Waals surface area contributed by atoms with Crippen LogP contribution in [0.15, 0.2) is 11.8 Å².